The summed E-state index contributed by atoms with van der Waals surface area (Å²) in [6.07, 6.45) is 6.82. The Balaban J connectivity index is 1.40. The predicted octanol–water partition coefficient (Wildman–Crippen LogP) is 6.30. The molecule has 38 heavy (non-hydrogen) atoms. The van der Waals surface area contributed by atoms with Crippen LogP contribution in [0.3, 0.4) is 0 Å². The van der Waals surface area contributed by atoms with E-state index in [1.807, 2.05) is 25.3 Å². The summed E-state index contributed by atoms with van der Waals surface area (Å²) in [5.41, 5.74) is 11.6. The van der Waals surface area contributed by atoms with Gasteiger partial charge in [0.25, 0.3) is 10.0 Å². The van der Waals surface area contributed by atoms with E-state index in [1.54, 1.807) is 18.2 Å². The van der Waals surface area contributed by atoms with Crippen LogP contribution in [0.5, 0.6) is 0 Å². The number of nitrogens with two attached hydrogens (primary N) is 1. The fourth-order valence-electron chi connectivity index (χ4n) is 5.06. The number of hydrogen-bond donors (Lipinski definition) is 3. The van der Waals surface area contributed by atoms with Crippen molar-refractivity contribution in [1.82, 2.24) is 9.97 Å². The molecule has 0 spiro atoms. The highest BCUT2D eigenvalue weighted by molar-refractivity contribution is 7.92. The van der Waals surface area contributed by atoms with E-state index in [1.165, 1.54) is 12.1 Å². The normalized spacial score (nSPS) is 17.9. The fourth-order valence-corrected chi connectivity index (χ4v) is 6.41. The van der Waals surface area contributed by atoms with Crippen LogP contribution >= 0.6 is 11.6 Å². The van der Waals surface area contributed by atoms with Crippen LogP contribution in [0.15, 0.2) is 65.7 Å². The zero-order chi connectivity index (χ0) is 26.9. The van der Waals surface area contributed by atoms with Gasteiger partial charge in [-0.25, -0.2) is 18.4 Å². The smallest absolute Gasteiger partial charge is 0.261 e. The molecule has 9 heteroatoms. The molecular formula is C29H32ClN5O2S. The lowest BCUT2D eigenvalue weighted by molar-refractivity contribution is 0.410. The van der Waals surface area contributed by atoms with Crippen LogP contribution in [0.4, 0.5) is 11.6 Å². The van der Waals surface area contributed by atoms with Gasteiger partial charge < -0.3 is 11.1 Å². The van der Waals surface area contributed by atoms with Crippen molar-refractivity contribution in [3.05, 3.63) is 76.9 Å². The molecule has 1 fully saturated rings. The molecule has 0 amide bonds. The molecule has 1 aromatic heterocycles. The lowest BCUT2D eigenvalue weighted by atomic mass is 9.92. The van der Waals surface area contributed by atoms with E-state index < -0.39 is 10.0 Å². The van der Waals surface area contributed by atoms with Gasteiger partial charge >= 0.3 is 0 Å². The third-order valence-electron chi connectivity index (χ3n) is 7.14. The van der Waals surface area contributed by atoms with Gasteiger partial charge in [0.1, 0.15) is 0 Å². The number of benzene rings is 3. The van der Waals surface area contributed by atoms with E-state index in [0.717, 1.165) is 65.3 Å². The molecule has 0 saturated heterocycles. The number of halogens is 1. The number of aromatic nitrogens is 2. The van der Waals surface area contributed by atoms with Gasteiger partial charge in [0.15, 0.2) is 0 Å². The molecule has 7 nitrogen and oxygen atoms in total. The average Bonchev–Trinajstić information content (AvgIpc) is 2.89. The molecule has 0 bridgehead atoms. The zero-order valence-electron chi connectivity index (χ0n) is 21.5. The van der Waals surface area contributed by atoms with E-state index in [-0.39, 0.29) is 4.90 Å². The molecule has 1 aliphatic carbocycles. The Kier molecular flexibility index (Phi) is 7.56. The molecule has 5 rings (SSSR count). The molecule has 4 aromatic rings. The van der Waals surface area contributed by atoms with Gasteiger partial charge in [-0.2, -0.15) is 0 Å². The van der Waals surface area contributed by atoms with Gasteiger partial charge in [0.2, 0.25) is 5.95 Å². The standard InChI is InChI=1S/C29H32ClN5O2S/c1-3-19-14-20(15-21-17-32-29(34-28(19)21)33-24-9-7-23(31)8-10-24)27-12-11-25(13-18(27)2)35-38(36,37)26-6-4-5-22(30)16-26/h4-6,11-17,23-24,35H,3,7-10,31H2,1-2H3,(H,32,33,34). The molecule has 3 aromatic carbocycles. The first-order valence-electron chi connectivity index (χ1n) is 12.9. The van der Waals surface area contributed by atoms with Crippen LogP contribution in [-0.4, -0.2) is 30.5 Å². The Morgan fingerprint density at radius 1 is 1.05 bits per heavy atom. The molecule has 1 heterocycles. The minimum Gasteiger partial charge on any atom is -0.351 e. The second-order valence-corrected chi connectivity index (χ2v) is 12.1. The lowest BCUT2D eigenvalue weighted by Gasteiger charge is -2.26. The number of nitrogens with one attached hydrogen (secondary N) is 2. The van der Waals surface area contributed by atoms with Crippen LogP contribution in [0.25, 0.3) is 22.0 Å². The molecule has 198 valence electrons. The highest BCUT2D eigenvalue weighted by Crippen LogP contribution is 2.32. The predicted molar refractivity (Wildman–Crippen MR) is 155 cm³/mol. The Hall–Kier alpha value is -3.20. The number of anilines is 2. The Bertz CT molecular complexity index is 1580. The minimum atomic E-state index is -3.75. The maximum atomic E-state index is 12.8. The zero-order valence-corrected chi connectivity index (χ0v) is 23.1. The Labute approximate surface area is 228 Å². The van der Waals surface area contributed by atoms with Crippen molar-refractivity contribution in [2.45, 2.75) is 62.9 Å². The molecule has 0 unspecified atom stereocenters. The van der Waals surface area contributed by atoms with E-state index in [9.17, 15) is 8.42 Å². The molecule has 0 atom stereocenters. The van der Waals surface area contributed by atoms with Crippen LogP contribution in [-0.2, 0) is 16.4 Å². The highest BCUT2D eigenvalue weighted by Gasteiger charge is 2.20. The average molecular weight is 550 g/mol. The fraction of sp³-hybridized carbons (Fsp3) is 0.310. The topological polar surface area (TPSA) is 110 Å². The van der Waals surface area contributed by atoms with Crippen molar-refractivity contribution in [3.8, 4) is 11.1 Å². The van der Waals surface area contributed by atoms with Gasteiger partial charge in [-0.1, -0.05) is 30.7 Å². The molecule has 0 aliphatic heterocycles. The number of nitrogens with zero attached hydrogens (tertiary/aromatic N) is 2. The second kappa shape index (κ2) is 10.9. The van der Waals surface area contributed by atoms with Crippen LogP contribution in [0, 0.1) is 6.92 Å². The largest absolute Gasteiger partial charge is 0.351 e. The number of aryl methyl sites for hydroxylation is 2. The summed E-state index contributed by atoms with van der Waals surface area (Å²) in [5, 5.41) is 4.84. The molecule has 1 saturated carbocycles. The van der Waals surface area contributed by atoms with E-state index in [4.69, 9.17) is 22.3 Å². The first-order valence-corrected chi connectivity index (χ1v) is 14.8. The van der Waals surface area contributed by atoms with Crippen LogP contribution < -0.4 is 15.8 Å². The summed E-state index contributed by atoms with van der Waals surface area (Å²) >= 11 is 5.98. The first kappa shape index (κ1) is 26.4. The maximum Gasteiger partial charge on any atom is 0.261 e. The van der Waals surface area contributed by atoms with Gasteiger partial charge in [-0.3, -0.25) is 4.72 Å². The van der Waals surface area contributed by atoms with Gasteiger partial charge in [0, 0.05) is 34.4 Å². The van der Waals surface area contributed by atoms with E-state index in [2.05, 4.69) is 34.1 Å². The van der Waals surface area contributed by atoms with Gasteiger partial charge in [-0.15, -0.1) is 0 Å². The Morgan fingerprint density at radius 3 is 2.55 bits per heavy atom. The van der Waals surface area contributed by atoms with E-state index in [0.29, 0.717) is 28.7 Å². The monoisotopic (exact) mass is 549 g/mol. The van der Waals surface area contributed by atoms with Crippen molar-refractivity contribution in [2.24, 2.45) is 5.73 Å². The van der Waals surface area contributed by atoms with Crippen LogP contribution in [0.2, 0.25) is 5.02 Å². The minimum absolute atomic E-state index is 0.120. The van der Waals surface area contributed by atoms with Crippen molar-refractivity contribution in [3.63, 3.8) is 0 Å². The highest BCUT2D eigenvalue weighted by atomic mass is 35.5. The molecule has 4 N–H and O–H groups in total. The van der Waals surface area contributed by atoms with Crippen molar-refractivity contribution in [1.29, 1.82) is 0 Å². The summed E-state index contributed by atoms with van der Waals surface area (Å²) in [7, 11) is -3.75. The van der Waals surface area contributed by atoms with E-state index >= 15 is 0 Å². The molecular weight excluding hydrogens is 518 g/mol. The lowest BCUT2D eigenvalue weighted by Crippen LogP contribution is -2.33. The van der Waals surface area contributed by atoms with Gasteiger partial charge in [0.05, 0.1) is 10.4 Å². The van der Waals surface area contributed by atoms with Crippen molar-refractivity contribution < 1.29 is 8.42 Å². The number of fused-ring (bicyclic) bond motifs is 1. The quantitative estimate of drug-likeness (QED) is 0.249. The second-order valence-electron chi connectivity index (χ2n) is 9.97. The Morgan fingerprint density at radius 2 is 1.84 bits per heavy atom. The first-order chi connectivity index (χ1) is 18.2. The third kappa shape index (κ3) is 5.77. The van der Waals surface area contributed by atoms with Crippen LogP contribution in [0.1, 0.15) is 43.7 Å². The number of hydrogen-bond acceptors (Lipinski definition) is 6. The maximum absolute atomic E-state index is 12.8. The summed E-state index contributed by atoms with van der Waals surface area (Å²) in [5.74, 6) is 0.660. The number of sulfonamides is 1. The summed E-state index contributed by atoms with van der Waals surface area (Å²) in [6, 6.07) is 16.7. The van der Waals surface area contributed by atoms with Crippen molar-refractivity contribution in [2.75, 3.05) is 10.0 Å². The third-order valence-corrected chi connectivity index (χ3v) is 8.76. The van der Waals surface area contributed by atoms with Crippen molar-refractivity contribution >= 4 is 44.2 Å². The molecule has 1 aliphatic rings. The summed E-state index contributed by atoms with van der Waals surface area (Å²) in [6.45, 7) is 4.10. The summed E-state index contributed by atoms with van der Waals surface area (Å²) in [4.78, 5) is 9.59. The van der Waals surface area contributed by atoms with Gasteiger partial charge in [-0.05, 0) is 104 Å². The SMILES string of the molecule is CCc1cc(-c2ccc(NS(=O)(=O)c3cccc(Cl)c3)cc2C)cc2cnc(NC3CCC(N)CC3)nc12. The molecule has 0 radical (unpaired) electrons. The number of rotatable bonds is 7. The summed E-state index contributed by atoms with van der Waals surface area (Å²) < 4.78 is 28.3.